The Labute approximate surface area is 184 Å². The molecule has 1 aromatic heterocycles. The van der Waals surface area contributed by atoms with Crippen molar-refractivity contribution in [1.82, 2.24) is 4.98 Å². The van der Waals surface area contributed by atoms with Gasteiger partial charge >= 0.3 is 5.97 Å². The number of rotatable bonds is 2. The van der Waals surface area contributed by atoms with E-state index in [9.17, 15) is 4.79 Å². The zero-order valence-electron chi connectivity index (χ0n) is 24.3. The van der Waals surface area contributed by atoms with Gasteiger partial charge in [0.15, 0.2) is 0 Å². The smallest absolute Gasteiger partial charge is 0.302 e. The summed E-state index contributed by atoms with van der Waals surface area (Å²) in [5, 5.41) is 0. The molecule has 0 radical (unpaired) electrons. The van der Waals surface area contributed by atoms with Gasteiger partial charge in [-0.05, 0) is 84.3 Å². The monoisotopic (exact) mass is 398 g/mol. The Kier molecular flexibility index (Phi) is 2.99. The molecule has 0 N–H and O–H groups in total. The zero-order valence-corrected chi connectivity index (χ0v) is 17.3. The van der Waals surface area contributed by atoms with Gasteiger partial charge in [0.25, 0.3) is 0 Å². The molecule has 6 atom stereocenters. The number of fused-ring (bicyclic) bond motifs is 5. The number of ether oxygens (including phenoxy) is 1. The van der Waals surface area contributed by atoms with Gasteiger partial charge in [-0.1, -0.05) is 37.6 Å². The van der Waals surface area contributed by atoms with Crippen molar-refractivity contribution in [3.63, 3.8) is 0 Å². The molecule has 1 aromatic rings. The largest absolute Gasteiger partial charge is 0.462 e. The SMILES string of the molecule is [2H]C1=C2C([2H])([2H])[C@@]([2H])(OC(C)=O)C([2H])([2H])C[C@]2(C)[C@H]2CC[C@]3(C)C(c4cccnc4)=C([2H])C[C@H]3[C@@H]2C1. The number of pyridine rings is 1. The third-order valence-electron chi connectivity index (χ3n) is 7.85. The van der Waals surface area contributed by atoms with Crippen LogP contribution in [0, 0.1) is 28.6 Å². The van der Waals surface area contributed by atoms with Crippen molar-refractivity contribution in [2.24, 2.45) is 28.6 Å². The molecule has 0 aromatic carbocycles. The van der Waals surface area contributed by atoms with Crippen LogP contribution >= 0.6 is 0 Å². The molecular formula is C26H33NO2. The molecule has 4 aliphatic rings. The molecule has 154 valence electrons. The van der Waals surface area contributed by atoms with Crippen molar-refractivity contribution >= 4 is 11.5 Å². The van der Waals surface area contributed by atoms with E-state index in [1.54, 1.807) is 12.4 Å². The number of carbonyl (C=O) groups is 1. The molecule has 29 heavy (non-hydrogen) atoms. The second-order valence-electron chi connectivity index (χ2n) is 9.41. The molecule has 1 heterocycles. The van der Waals surface area contributed by atoms with Crippen LogP contribution in [0.3, 0.4) is 0 Å². The Morgan fingerprint density at radius 3 is 2.90 bits per heavy atom. The minimum atomic E-state index is -2.78. The van der Waals surface area contributed by atoms with Gasteiger partial charge < -0.3 is 4.74 Å². The van der Waals surface area contributed by atoms with E-state index >= 15 is 0 Å². The number of allylic oxidation sites excluding steroid dienone is 3. The van der Waals surface area contributed by atoms with Crippen LogP contribution in [0.2, 0.25) is 0 Å². The van der Waals surface area contributed by atoms with Crippen LogP contribution in [-0.4, -0.2) is 17.0 Å². The fourth-order valence-electron chi connectivity index (χ4n) is 6.37. The third-order valence-corrected chi connectivity index (χ3v) is 7.85. The molecule has 4 aliphatic carbocycles. The summed E-state index contributed by atoms with van der Waals surface area (Å²) in [5.74, 6) is -0.963. The molecule has 3 nitrogen and oxygen atoms in total. The van der Waals surface area contributed by atoms with Crippen LogP contribution in [0.4, 0.5) is 0 Å². The normalized spacial score (nSPS) is 51.0. The molecule has 5 rings (SSSR count). The first-order valence-corrected chi connectivity index (χ1v) is 10.6. The van der Waals surface area contributed by atoms with Crippen LogP contribution in [0.5, 0.6) is 0 Å². The van der Waals surface area contributed by atoms with Crippen molar-refractivity contribution < 1.29 is 19.1 Å². The number of carbonyl (C=O) groups excluding carboxylic acids is 1. The van der Waals surface area contributed by atoms with Crippen LogP contribution in [0.15, 0.2) is 42.2 Å². The Morgan fingerprint density at radius 1 is 1.28 bits per heavy atom. The van der Waals surface area contributed by atoms with Crippen molar-refractivity contribution in [2.45, 2.75) is 71.7 Å². The highest BCUT2D eigenvalue weighted by atomic mass is 16.5. The van der Waals surface area contributed by atoms with Crippen molar-refractivity contribution in [2.75, 3.05) is 0 Å². The summed E-state index contributed by atoms with van der Waals surface area (Å²) >= 11 is 0. The van der Waals surface area contributed by atoms with Crippen LogP contribution < -0.4 is 0 Å². The number of hydrogen-bond acceptors (Lipinski definition) is 3. The van der Waals surface area contributed by atoms with Gasteiger partial charge in [-0.15, -0.1) is 0 Å². The predicted molar refractivity (Wildman–Crippen MR) is 115 cm³/mol. The first-order chi connectivity index (χ1) is 16.6. The average Bonchev–Trinajstić information content (AvgIpc) is 3.02. The van der Waals surface area contributed by atoms with E-state index in [-0.39, 0.29) is 41.2 Å². The van der Waals surface area contributed by atoms with Gasteiger partial charge in [-0.3, -0.25) is 9.78 Å². The van der Waals surface area contributed by atoms with Gasteiger partial charge in [-0.25, -0.2) is 0 Å². The number of aromatic nitrogens is 1. The predicted octanol–water partition coefficient (Wildman–Crippen LogP) is 5.97. The van der Waals surface area contributed by atoms with Crippen molar-refractivity contribution in [3.8, 4) is 0 Å². The Hall–Kier alpha value is -1.90. The Balaban J connectivity index is 1.60. The molecule has 0 amide bonds. The molecule has 0 saturated heterocycles. The number of nitrogens with zero attached hydrogens (tertiary/aromatic N) is 1. The summed E-state index contributed by atoms with van der Waals surface area (Å²) in [6, 6.07) is 4.52. The summed E-state index contributed by atoms with van der Waals surface area (Å²) < 4.78 is 67.0. The Bertz CT molecular complexity index is 1180. The lowest BCUT2D eigenvalue weighted by molar-refractivity contribution is -0.148. The maximum absolute atomic E-state index is 11.8. The zero-order chi connectivity index (χ0) is 26.5. The second-order valence-corrected chi connectivity index (χ2v) is 9.41. The maximum Gasteiger partial charge on any atom is 0.302 e. The molecule has 0 spiro atoms. The van der Waals surface area contributed by atoms with Crippen molar-refractivity contribution in [1.29, 1.82) is 0 Å². The van der Waals surface area contributed by atoms with Crippen molar-refractivity contribution in [3.05, 3.63) is 47.8 Å². The summed E-state index contributed by atoms with van der Waals surface area (Å²) in [5.41, 5.74) is 0.772. The molecule has 0 aliphatic heterocycles. The van der Waals surface area contributed by atoms with Gasteiger partial charge in [0.1, 0.15) is 6.08 Å². The van der Waals surface area contributed by atoms with E-state index in [4.69, 9.17) is 14.3 Å². The van der Waals surface area contributed by atoms with Crippen LogP contribution in [0.25, 0.3) is 5.57 Å². The minimum absolute atomic E-state index is 0.0157. The molecule has 0 bridgehead atoms. The molecule has 2 fully saturated rings. The summed E-state index contributed by atoms with van der Waals surface area (Å²) in [6.07, 6.45) is -2.24. The first-order valence-electron chi connectivity index (χ1n) is 14.1. The number of esters is 1. The highest BCUT2D eigenvalue weighted by molar-refractivity contribution is 5.72. The fourth-order valence-corrected chi connectivity index (χ4v) is 6.37. The standard InChI is InChI=1S/C26H33NO2/c1-17(28)29-20-10-12-25(2)19(15-20)6-7-21-23-9-8-22(18-5-4-14-27-16-18)26(23,3)13-11-24(21)25/h4-6,8,14,16,20-21,23-24H,7,9-13,15H2,1-3H3/t20-,21-,23-,24-,25-,26+/m0/s1/i6D,8D,10D2,15D2,20D. The summed E-state index contributed by atoms with van der Waals surface area (Å²) in [6.45, 7) is 5.08. The number of hydrogen-bond donors (Lipinski definition) is 0. The molecule has 2 saturated carbocycles. The first kappa shape index (κ1) is 12.7. The Morgan fingerprint density at radius 2 is 2.14 bits per heavy atom. The van der Waals surface area contributed by atoms with E-state index in [1.165, 1.54) is 0 Å². The van der Waals surface area contributed by atoms with Crippen LogP contribution in [0.1, 0.15) is 80.8 Å². The van der Waals surface area contributed by atoms with Gasteiger partial charge in [0.2, 0.25) is 0 Å². The van der Waals surface area contributed by atoms with Gasteiger partial charge in [-0.2, -0.15) is 0 Å². The van der Waals surface area contributed by atoms with E-state index in [0.29, 0.717) is 25.3 Å². The molecule has 0 unspecified atom stereocenters. The third kappa shape index (κ3) is 2.92. The van der Waals surface area contributed by atoms with E-state index in [1.807, 2.05) is 19.1 Å². The van der Waals surface area contributed by atoms with Gasteiger partial charge in [0.05, 0.1) is 4.11 Å². The second kappa shape index (κ2) is 6.82. The fraction of sp³-hybridized carbons (Fsp3) is 0.615. The summed E-state index contributed by atoms with van der Waals surface area (Å²) in [4.78, 5) is 16.1. The van der Waals surface area contributed by atoms with E-state index < -0.39 is 30.2 Å². The summed E-state index contributed by atoms with van der Waals surface area (Å²) in [7, 11) is 0. The van der Waals surface area contributed by atoms with Gasteiger partial charge in [0, 0.05) is 31.2 Å². The molecule has 3 heteroatoms. The lowest BCUT2D eigenvalue weighted by Crippen LogP contribution is -2.50. The van der Waals surface area contributed by atoms with Crippen LogP contribution in [-0.2, 0) is 9.53 Å². The molecular weight excluding hydrogens is 358 g/mol. The average molecular weight is 399 g/mol. The van der Waals surface area contributed by atoms with E-state index in [2.05, 4.69) is 11.9 Å². The lowest BCUT2D eigenvalue weighted by atomic mass is 9.47. The highest BCUT2D eigenvalue weighted by Gasteiger charge is 2.56. The highest BCUT2D eigenvalue weighted by Crippen LogP contribution is 2.66. The maximum atomic E-state index is 11.8. The lowest BCUT2D eigenvalue weighted by Gasteiger charge is -2.57. The van der Waals surface area contributed by atoms with E-state index in [0.717, 1.165) is 24.5 Å². The topological polar surface area (TPSA) is 39.2 Å². The quantitative estimate of drug-likeness (QED) is 0.455. The minimum Gasteiger partial charge on any atom is -0.462 e.